The molecule has 0 radical (unpaired) electrons. The fourth-order valence-electron chi connectivity index (χ4n) is 3.78. The first-order valence-electron chi connectivity index (χ1n) is 10.6. The SMILES string of the molecule is CNS(=O)(=O)c1ccccc1-c1ccc(N2CC[C@H](NS(=O)(=O)/C=C/c3ccc(Cl)s3)C2=O)c(F)c1. The Morgan fingerprint density at radius 3 is 2.53 bits per heavy atom. The maximum atomic E-state index is 15.1. The predicted octanol–water partition coefficient (Wildman–Crippen LogP) is 3.81. The van der Waals surface area contributed by atoms with Crippen LogP contribution in [0.3, 0.4) is 0 Å². The van der Waals surface area contributed by atoms with E-state index in [1.807, 2.05) is 0 Å². The summed E-state index contributed by atoms with van der Waals surface area (Å²) in [7, 11) is -6.44. The van der Waals surface area contributed by atoms with Crippen molar-refractivity contribution >= 4 is 60.7 Å². The molecule has 1 amide bonds. The van der Waals surface area contributed by atoms with Gasteiger partial charge in [0.1, 0.15) is 11.9 Å². The summed E-state index contributed by atoms with van der Waals surface area (Å²) in [5, 5.41) is 0.955. The van der Waals surface area contributed by atoms with Crippen molar-refractivity contribution in [2.45, 2.75) is 17.4 Å². The minimum atomic E-state index is -3.94. The molecule has 0 aliphatic carbocycles. The smallest absolute Gasteiger partial charge is 0.245 e. The first-order valence-corrected chi connectivity index (χ1v) is 14.8. The van der Waals surface area contributed by atoms with E-state index in [0.717, 1.165) is 11.5 Å². The Bertz CT molecular complexity index is 1550. The van der Waals surface area contributed by atoms with E-state index in [1.54, 1.807) is 30.3 Å². The fraction of sp³-hybridized carbons (Fsp3) is 0.174. The molecule has 1 aliphatic rings. The van der Waals surface area contributed by atoms with Gasteiger partial charge in [-0.1, -0.05) is 35.9 Å². The first kappa shape index (κ1) is 26.5. The Morgan fingerprint density at radius 1 is 1.11 bits per heavy atom. The van der Waals surface area contributed by atoms with Crippen LogP contribution < -0.4 is 14.3 Å². The Hall–Kier alpha value is -2.61. The number of nitrogens with one attached hydrogen (secondary N) is 2. The average Bonchev–Trinajstić information content (AvgIpc) is 3.42. The summed E-state index contributed by atoms with van der Waals surface area (Å²) in [5.41, 5.74) is 0.589. The van der Waals surface area contributed by atoms with Gasteiger partial charge in [0.2, 0.25) is 26.0 Å². The average molecular weight is 570 g/mol. The highest BCUT2D eigenvalue weighted by Crippen LogP contribution is 2.32. The molecule has 8 nitrogen and oxygen atoms in total. The van der Waals surface area contributed by atoms with Crippen molar-refractivity contribution < 1.29 is 26.0 Å². The normalized spacial score (nSPS) is 16.8. The molecular formula is C23H21ClFN3O5S3. The van der Waals surface area contributed by atoms with Crippen LogP contribution in [0.5, 0.6) is 0 Å². The molecule has 0 bridgehead atoms. The summed E-state index contributed by atoms with van der Waals surface area (Å²) in [6.07, 6.45) is 1.53. The monoisotopic (exact) mass is 569 g/mol. The molecule has 0 unspecified atom stereocenters. The van der Waals surface area contributed by atoms with Gasteiger partial charge in [-0.3, -0.25) is 4.79 Å². The highest BCUT2D eigenvalue weighted by atomic mass is 35.5. The predicted molar refractivity (Wildman–Crippen MR) is 139 cm³/mol. The van der Waals surface area contributed by atoms with Gasteiger partial charge in [-0.2, -0.15) is 4.72 Å². The number of rotatable bonds is 8. The minimum absolute atomic E-state index is 0.00996. The Morgan fingerprint density at radius 2 is 1.86 bits per heavy atom. The van der Waals surface area contributed by atoms with E-state index in [0.29, 0.717) is 20.3 Å². The molecule has 2 aromatic carbocycles. The summed E-state index contributed by atoms with van der Waals surface area (Å²) >= 11 is 7.05. The standard InChI is InChI=1S/C23H21ClFN3O5S3/c1-26-36(32,33)21-5-3-2-4-17(21)15-6-8-20(18(25)14-15)28-12-10-19(23(28)29)27-35(30,31)13-11-16-7-9-22(24)34-16/h2-9,11,13-14,19,26-27H,10,12H2,1H3/b13-11+/t19-/m0/s1. The van der Waals surface area contributed by atoms with E-state index in [4.69, 9.17) is 11.6 Å². The molecule has 0 spiro atoms. The van der Waals surface area contributed by atoms with Crippen LogP contribution >= 0.6 is 22.9 Å². The third-order valence-electron chi connectivity index (χ3n) is 5.51. The summed E-state index contributed by atoms with van der Waals surface area (Å²) in [6.45, 7) is 0.108. The quantitative estimate of drug-likeness (QED) is 0.428. The topological polar surface area (TPSA) is 113 Å². The largest absolute Gasteiger partial charge is 0.308 e. The second-order valence-corrected chi connectivity index (χ2v) is 13.0. The molecule has 1 saturated heterocycles. The van der Waals surface area contributed by atoms with Crippen LogP contribution in [0.25, 0.3) is 17.2 Å². The Kier molecular flexibility index (Phi) is 7.64. The van der Waals surface area contributed by atoms with E-state index in [1.165, 1.54) is 47.6 Å². The molecule has 0 saturated carbocycles. The number of sulfonamides is 2. The number of anilines is 1. The first-order chi connectivity index (χ1) is 17.0. The summed E-state index contributed by atoms with van der Waals surface area (Å²) in [5.74, 6) is -1.33. The lowest BCUT2D eigenvalue weighted by molar-refractivity contribution is -0.118. The molecule has 36 heavy (non-hydrogen) atoms. The molecule has 3 aromatic rings. The lowest BCUT2D eigenvalue weighted by Gasteiger charge is -2.19. The van der Waals surface area contributed by atoms with Crippen LogP contribution in [-0.4, -0.2) is 42.4 Å². The zero-order valence-corrected chi connectivity index (χ0v) is 22.0. The van der Waals surface area contributed by atoms with Gasteiger partial charge in [-0.05, 0) is 55.4 Å². The third-order valence-corrected chi connectivity index (χ3v) is 9.29. The van der Waals surface area contributed by atoms with Crippen molar-refractivity contribution in [1.82, 2.24) is 9.44 Å². The Labute approximate surface area is 217 Å². The number of thiophene rings is 1. The van der Waals surface area contributed by atoms with Crippen molar-refractivity contribution in [3.05, 3.63) is 75.0 Å². The molecular weight excluding hydrogens is 549 g/mol. The van der Waals surface area contributed by atoms with Crippen molar-refractivity contribution in [3.63, 3.8) is 0 Å². The highest BCUT2D eigenvalue weighted by Gasteiger charge is 2.36. The highest BCUT2D eigenvalue weighted by molar-refractivity contribution is 7.92. The molecule has 2 N–H and O–H groups in total. The summed E-state index contributed by atoms with van der Waals surface area (Å²) in [4.78, 5) is 14.7. The van der Waals surface area contributed by atoms with E-state index >= 15 is 4.39 Å². The fourth-order valence-corrected chi connectivity index (χ4v) is 6.81. The number of carbonyl (C=O) groups excluding carboxylic acids is 1. The van der Waals surface area contributed by atoms with Gasteiger partial charge in [-0.15, -0.1) is 11.3 Å². The molecule has 2 heterocycles. The molecule has 1 aromatic heterocycles. The van der Waals surface area contributed by atoms with Gasteiger partial charge in [-0.25, -0.2) is 25.9 Å². The molecule has 190 valence electrons. The molecule has 13 heteroatoms. The number of hydrogen-bond donors (Lipinski definition) is 2. The van der Waals surface area contributed by atoms with Crippen molar-refractivity contribution in [3.8, 4) is 11.1 Å². The van der Waals surface area contributed by atoms with Crippen LogP contribution in [0.1, 0.15) is 11.3 Å². The van der Waals surface area contributed by atoms with Crippen molar-refractivity contribution in [2.24, 2.45) is 0 Å². The minimum Gasteiger partial charge on any atom is -0.308 e. The van der Waals surface area contributed by atoms with E-state index in [2.05, 4.69) is 9.44 Å². The maximum absolute atomic E-state index is 15.1. The van der Waals surface area contributed by atoms with E-state index in [9.17, 15) is 21.6 Å². The zero-order valence-electron chi connectivity index (χ0n) is 18.8. The van der Waals surface area contributed by atoms with Crippen LogP contribution in [0.4, 0.5) is 10.1 Å². The molecule has 1 fully saturated rings. The number of amides is 1. The van der Waals surface area contributed by atoms with Crippen LogP contribution in [0.15, 0.2) is 64.9 Å². The molecule has 4 rings (SSSR count). The van der Waals surface area contributed by atoms with Crippen LogP contribution in [0.2, 0.25) is 4.34 Å². The second-order valence-electron chi connectivity index (χ2n) is 7.81. The number of hydrogen-bond acceptors (Lipinski definition) is 6. The Balaban J connectivity index is 1.53. The van der Waals surface area contributed by atoms with Gasteiger partial charge in [0.05, 0.1) is 14.9 Å². The number of halogens is 2. The van der Waals surface area contributed by atoms with Gasteiger partial charge < -0.3 is 4.90 Å². The lowest BCUT2D eigenvalue weighted by atomic mass is 10.0. The number of nitrogens with zero attached hydrogens (tertiary/aromatic N) is 1. The molecule has 1 atom stereocenters. The van der Waals surface area contributed by atoms with Gasteiger partial charge in [0.25, 0.3) is 0 Å². The van der Waals surface area contributed by atoms with Crippen molar-refractivity contribution in [1.29, 1.82) is 0 Å². The van der Waals surface area contributed by atoms with Crippen LogP contribution in [-0.2, 0) is 24.8 Å². The zero-order chi connectivity index (χ0) is 26.1. The summed E-state index contributed by atoms with van der Waals surface area (Å²) in [6, 6.07) is 12.5. The van der Waals surface area contributed by atoms with Gasteiger partial charge >= 0.3 is 0 Å². The summed E-state index contributed by atoms with van der Waals surface area (Å²) < 4.78 is 69.8. The molecule has 1 aliphatic heterocycles. The third kappa shape index (κ3) is 5.69. The lowest BCUT2D eigenvalue weighted by Crippen LogP contribution is -2.40. The van der Waals surface area contributed by atoms with E-state index < -0.39 is 37.8 Å². The maximum Gasteiger partial charge on any atom is 0.245 e. The van der Waals surface area contributed by atoms with Crippen LogP contribution in [0, 0.1) is 5.82 Å². The number of carbonyl (C=O) groups is 1. The van der Waals surface area contributed by atoms with Crippen molar-refractivity contribution in [2.75, 3.05) is 18.5 Å². The van der Waals surface area contributed by atoms with Gasteiger partial charge in [0.15, 0.2) is 0 Å². The van der Waals surface area contributed by atoms with E-state index in [-0.39, 0.29) is 23.5 Å². The van der Waals surface area contributed by atoms with Gasteiger partial charge in [0, 0.05) is 22.4 Å². The number of benzene rings is 2. The second kappa shape index (κ2) is 10.4.